The van der Waals surface area contributed by atoms with Crippen LogP contribution in [0.3, 0.4) is 0 Å². The Hall–Kier alpha value is -3.47. The second-order valence-corrected chi connectivity index (χ2v) is 7.63. The Balaban J connectivity index is 1.93. The van der Waals surface area contributed by atoms with E-state index in [9.17, 15) is 14.0 Å². The van der Waals surface area contributed by atoms with Gasteiger partial charge in [-0.15, -0.1) is 0 Å². The lowest BCUT2D eigenvalue weighted by Crippen LogP contribution is -2.50. The average molecular weight is 419 g/mol. The molecule has 31 heavy (non-hydrogen) atoms. The second-order valence-electron chi connectivity index (χ2n) is 7.63. The number of benzene rings is 3. The first-order valence-electron chi connectivity index (χ1n) is 10.3. The molecule has 2 amide bonds. The van der Waals surface area contributed by atoms with E-state index in [-0.39, 0.29) is 30.6 Å². The van der Waals surface area contributed by atoms with Crippen LogP contribution in [0.5, 0.6) is 0 Å². The molecule has 0 aliphatic carbocycles. The highest BCUT2D eigenvalue weighted by atomic mass is 19.1. The van der Waals surface area contributed by atoms with E-state index in [4.69, 9.17) is 0 Å². The van der Waals surface area contributed by atoms with E-state index in [0.29, 0.717) is 6.42 Å². The Morgan fingerprint density at radius 3 is 2.23 bits per heavy atom. The molecule has 0 spiro atoms. The van der Waals surface area contributed by atoms with Gasteiger partial charge in [0.2, 0.25) is 11.8 Å². The van der Waals surface area contributed by atoms with Gasteiger partial charge in [0.25, 0.3) is 0 Å². The van der Waals surface area contributed by atoms with E-state index in [1.807, 2.05) is 61.5 Å². The maximum Gasteiger partial charge on any atom is 0.242 e. The molecule has 0 saturated carbocycles. The molecule has 0 aromatic heterocycles. The number of nitrogens with one attached hydrogen (secondary N) is 1. The molecule has 0 saturated heterocycles. The number of carbonyl (C=O) groups excluding carboxylic acids is 2. The molecule has 0 fully saturated rings. The number of aryl methyl sites for hydroxylation is 1. The zero-order valence-corrected chi connectivity index (χ0v) is 17.8. The first-order chi connectivity index (χ1) is 15.0. The molecule has 3 aromatic rings. The summed E-state index contributed by atoms with van der Waals surface area (Å²) < 4.78 is 13.4. The zero-order valence-electron chi connectivity index (χ0n) is 17.8. The Kier molecular flexibility index (Phi) is 7.55. The number of rotatable bonds is 8. The molecule has 1 atom stereocenters. The van der Waals surface area contributed by atoms with Crippen molar-refractivity contribution in [3.8, 4) is 0 Å². The van der Waals surface area contributed by atoms with Gasteiger partial charge in [-0.05, 0) is 35.7 Å². The van der Waals surface area contributed by atoms with E-state index >= 15 is 0 Å². The molecule has 160 valence electrons. The molecule has 0 aliphatic heterocycles. The Labute approximate surface area is 182 Å². The summed E-state index contributed by atoms with van der Waals surface area (Å²) in [7, 11) is 1.57. The van der Waals surface area contributed by atoms with Crippen LogP contribution in [0.2, 0.25) is 0 Å². The van der Waals surface area contributed by atoms with Gasteiger partial charge in [-0.25, -0.2) is 4.39 Å². The second kappa shape index (κ2) is 10.5. The van der Waals surface area contributed by atoms with E-state index in [1.165, 1.54) is 12.1 Å². The number of likely N-dealkylation sites (N-methyl/N-ethyl adjacent to an activating group) is 1. The average Bonchev–Trinajstić information content (AvgIpc) is 2.77. The minimum absolute atomic E-state index is 0.153. The predicted octanol–water partition coefficient (Wildman–Crippen LogP) is 4.06. The lowest BCUT2D eigenvalue weighted by molar-refractivity contribution is -0.140. The van der Waals surface area contributed by atoms with Gasteiger partial charge in [-0.2, -0.15) is 0 Å². The van der Waals surface area contributed by atoms with Crippen molar-refractivity contribution >= 4 is 11.8 Å². The first kappa shape index (κ1) is 22.2. The fourth-order valence-electron chi connectivity index (χ4n) is 3.61. The smallest absolute Gasteiger partial charge is 0.242 e. The fourth-order valence-corrected chi connectivity index (χ4v) is 3.61. The van der Waals surface area contributed by atoms with Crippen molar-refractivity contribution in [1.29, 1.82) is 0 Å². The summed E-state index contributed by atoms with van der Waals surface area (Å²) in [4.78, 5) is 27.9. The maximum absolute atomic E-state index is 13.4. The monoisotopic (exact) mass is 418 g/mol. The number of hydrogen-bond donors (Lipinski definition) is 1. The molecular formula is C26H27FN2O2. The number of amides is 2. The molecule has 0 radical (unpaired) electrons. The summed E-state index contributed by atoms with van der Waals surface area (Å²) in [6, 6.07) is 22.7. The predicted molar refractivity (Wildman–Crippen MR) is 120 cm³/mol. The van der Waals surface area contributed by atoms with Crippen LogP contribution in [-0.4, -0.2) is 29.8 Å². The largest absolute Gasteiger partial charge is 0.357 e. The quantitative estimate of drug-likeness (QED) is 0.600. The van der Waals surface area contributed by atoms with Crippen LogP contribution < -0.4 is 5.32 Å². The Bertz CT molecular complexity index is 1020. The molecule has 0 bridgehead atoms. The van der Waals surface area contributed by atoms with Gasteiger partial charge in [0.1, 0.15) is 11.9 Å². The molecule has 1 unspecified atom stereocenters. The van der Waals surface area contributed by atoms with E-state index in [0.717, 1.165) is 22.3 Å². The number of carbonyl (C=O) groups is 2. The summed E-state index contributed by atoms with van der Waals surface area (Å²) in [5.74, 6) is -0.725. The van der Waals surface area contributed by atoms with Crippen molar-refractivity contribution in [3.63, 3.8) is 0 Å². The van der Waals surface area contributed by atoms with E-state index < -0.39 is 6.04 Å². The number of hydrogen-bond acceptors (Lipinski definition) is 2. The molecular weight excluding hydrogens is 391 g/mol. The third kappa shape index (κ3) is 6.25. The summed E-state index contributed by atoms with van der Waals surface area (Å²) in [6.45, 7) is 2.20. The summed E-state index contributed by atoms with van der Waals surface area (Å²) in [5, 5.41) is 2.70. The maximum atomic E-state index is 13.4. The molecule has 3 rings (SSSR count). The van der Waals surface area contributed by atoms with Crippen LogP contribution in [0.1, 0.15) is 22.3 Å². The van der Waals surface area contributed by atoms with E-state index in [1.54, 1.807) is 24.1 Å². The van der Waals surface area contributed by atoms with Gasteiger partial charge < -0.3 is 10.2 Å². The molecule has 0 aliphatic rings. The van der Waals surface area contributed by atoms with Crippen molar-refractivity contribution < 1.29 is 14.0 Å². The van der Waals surface area contributed by atoms with Gasteiger partial charge in [0, 0.05) is 20.0 Å². The van der Waals surface area contributed by atoms with Crippen LogP contribution in [0, 0.1) is 12.7 Å². The lowest BCUT2D eigenvalue weighted by atomic mass is 10.0. The summed E-state index contributed by atoms with van der Waals surface area (Å²) in [5.41, 5.74) is 3.69. The molecule has 5 heteroatoms. The van der Waals surface area contributed by atoms with Gasteiger partial charge in [0.15, 0.2) is 0 Å². The lowest BCUT2D eigenvalue weighted by Gasteiger charge is -2.31. The molecule has 0 heterocycles. The minimum Gasteiger partial charge on any atom is -0.357 e. The highest BCUT2D eigenvalue weighted by molar-refractivity contribution is 5.88. The Morgan fingerprint density at radius 1 is 0.903 bits per heavy atom. The normalized spacial score (nSPS) is 11.6. The van der Waals surface area contributed by atoms with E-state index in [2.05, 4.69) is 5.32 Å². The van der Waals surface area contributed by atoms with Gasteiger partial charge in [0.05, 0.1) is 6.42 Å². The third-order valence-corrected chi connectivity index (χ3v) is 5.22. The van der Waals surface area contributed by atoms with Crippen LogP contribution in [-0.2, 0) is 29.0 Å². The SMILES string of the molecule is CNC(=O)C(Cc1ccccc1)N(Cc1ccc(F)cc1)C(=O)Cc1cccc(C)c1. The Morgan fingerprint density at radius 2 is 1.58 bits per heavy atom. The van der Waals surface area contributed by atoms with Crippen molar-refractivity contribution in [2.45, 2.75) is 32.4 Å². The molecule has 1 N–H and O–H groups in total. The van der Waals surface area contributed by atoms with Gasteiger partial charge >= 0.3 is 0 Å². The third-order valence-electron chi connectivity index (χ3n) is 5.22. The zero-order chi connectivity index (χ0) is 22.2. The summed E-state index contributed by atoms with van der Waals surface area (Å²) >= 11 is 0. The van der Waals surface area contributed by atoms with Crippen LogP contribution in [0.15, 0.2) is 78.9 Å². The molecule has 4 nitrogen and oxygen atoms in total. The topological polar surface area (TPSA) is 49.4 Å². The van der Waals surface area contributed by atoms with Gasteiger partial charge in [-0.3, -0.25) is 9.59 Å². The summed E-state index contributed by atoms with van der Waals surface area (Å²) in [6.07, 6.45) is 0.576. The highest BCUT2D eigenvalue weighted by Gasteiger charge is 2.29. The van der Waals surface area contributed by atoms with Crippen LogP contribution in [0.25, 0.3) is 0 Å². The number of halogens is 1. The minimum atomic E-state index is -0.685. The van der Waals surface area contributed by atoms with Gasteiger partial charge in [-0.1, -0.05) is 72.3 Å². The highest BCUT2D eigenvalue weighted by Crippen LogP contribution is 2.17. The van der Waals surface area contributed by atoms with Crippen molar-refractivity contribution in [2.75, 3.05) is 7.05 Å². The number of nitrogens with zero attached hydrogens (tertiary/aromatic N) is 1. The van der Waals surface area contributed by atoms with Crippen molar-refractivity contribution in [1.82, 2.24) is 10.2 Å². The van der Waals surface area contributed by atoms with Crippen LogP contribution in [0.4, 0.5) is 4.39 Å². The molecule has 3 aromatic carbocycles. The first-order valence-corrected chi connectivity index (χ1v) is 10.3. The van der Waals surface area contributed by atoms with Crippen LogP contribution >= 0.6 is 0 Å². The van der Waals surface area contributed by atoms with Crippen molar-refractivity contribution in [2.24, 2.45) is 0 Å². The van der Waals surface area contributed by atoms with Crippen molar-refractivity contribution in [3.05, 3.63) is 107 Å². The standard InChI is InChI=1S/C26H27FN2O2/c1-19-7-6-10-22(15-19)17-25(30)29(18-21-11-13-23(27)14-12-21)24(26(31)28-2)16-20-8-4-3-5-9-20/h3-15,24H,16-18H2,1-2H3,(H,28,31). The fraction of sp³-hybridized carbons (Fsp3) is 0.231.